The van der Waals surface area contributed by atoms with E-state index in [1.54, 1.807) is 0 Å². The molecule has 0 bridgehead atoms. The van der Waals surface area contributed by atoms with E-state index >= 15 is 0 Å². The Labute approximate surface area is 194 Å². The first-order valence-electron chi connectivity index (χ1n) is 10.4. The SMILES string of the molecule is CCNC(=NCC(CCN(C)C)OCC)N1CC[C@@H](NC(=O)OC(C)(C)C)C1.I. The van der Waals surface area contributed by atoms with E-state index in [1.165, 1.54) is 0 Å². The fourth-order valence-corrected chi connectivity index (χ4v) is 3.02. The number of halogens is 1. The maximum Gasteiger partial charge on any atom is 0.407 e. The standard InChI is InChI=1S/C20H41N5O3.HI/c1-8-21-18(22-14-17(27-9-2)11-12-24(6)7)25-13-10-16(15-25)23-19(26)28-20(3,4)5;/h16-17H,8-15H2,1-7H3,(H,21,22)(H,23,26);1H/t16-,17?;/m1./s1. The number of likely N-dealkylation sites (tertiary alicyclic amines) is 1. The van der Waals surface area contributed by atoms with E-state index < -0.39 is 5.60 Å². The van der Waals surface area contributed by atoms with Crippen LogP contribution < -0.4 is 10.6 Å². The maximum atomic E-state index is 12.0. The van der Waals surface area contributed by atoms with Crippen molar-refractivity contribution < 1.29 is 14.3 Å². The minimum absolute atomic E-state index is 0. The Morgan fingerprint density at radius 3 is 2.55 bits per heavy atom. The summed E-state index contributed by atoms with van der Waals surface area (Å²) in [6.45, 7) is 14.4. The van der Waals surface area contributed by atoms with E-state index in [0.717, 1.165) is 45.0 Å². The summed E-state index contributed by atoms with van der Waals surface area (Å²) in [4.78, 5) is 21.2. The second kappa shape index (κ2) is 14.2. The minimum atomic E-state index is -0.487. The van der Waals surface area contributed by atoms with Crippen LogP contribution in [0.4, 0.5) is 4.79 Å². The lowest BCUT2D eigenvalue weighted by Gasteiger charge is -2.24. The zero-order chi connectivity index (χ0) is 21.2. The van der Waals surface area contributed by atoms with E-state index in [0.29, 0.717) is 13.2 Å². The van der Waals surface area contributed by atoms with Crippen molar-refractivity contribution in [3.63, 3.8) is 0 Å². The van der Waals surface area contributed by atoms with Crippen LogP contribution in [0.2, 0.25) is 0 Å². The van der Waals surface area contributed by atoms with Gasteiger partial charge in [0, 0.05) is 32.8 Å². The van der Waals surface area contributed by atoms with Crippen molar-refractivity contribution in [2.24, 2.45) is 4.99 Å². The number of rotatable bonds is 9. The van der Waals surface area contributed by atoms with Gasteiger partial charge in [0.15, 0.2) is 5.96 Å². The minimum Gasteiger partial charge on any atom is -0.444 e. The molecule has 0 saturated carbocycles. The van der Waals surface area contributed by atoms with Gasteiger partial charge in [-0.1, -0.05) is 0 Å². The quantitative estimate of drug-likeness (QED) is 0.273. The number of hydrogen-bond donors (Lipinski definition) is 2. The van der Waals surface area contributed by atoms with Crippen LogP contribution in [-0.2, 0) is 9.47 Å². The van der Waals surface area contributed by atoms with Crippen LogP contribution in [0.5, 0.6) is 0 Å². The molecule has 1 rings (SSSR count). The van der Waals surface area contributed by atoms with Gasteiger partial charge < -0.3 is 29.9 Å². The van der Waals surface area contributed by atoms with E-state index in [-0.39, 0.29) is 42.2 Å². The number of hydrogen-bond acceptors (Lipinski definition) is 5. The van der Waals surface area contributed by atoms with Crippen molar-refractivity contribution in [1.29, 1.82) is 0 Å². The van der Waals surface area contributed by atoms with E-state index in [4.69, 9.17) is 14.5 Å². The summed E-state index contributed by atoms with van der Waals surface area (Å²) in [5.41, 5.74) is -0.487. The lowest BCUT2D eigenvalue weighted by atomic mass is 10.2. The smallest absolute Gasteiger partial charge is 0.407 e. The van der Waals surface area contributed by atoms with Crippen molar-refractivity contribution in [3.8, 4) is 0 Å². The van der Waals surface area contributed by atoms with Crippen LogP contribution in [0, 0.1) is 0 Å². The molecule has 8 nitrogen and oxygen atoms in total. The molecule has 0 aromatic heterocycles. The molecule has 2 atom stereocenters. The van der Waals surface area contributed by atoms with Crippen molar-refractivity contribution >= 4 is 36.0 Å². The van der Waals surface area contributed by atoms with Crippen LogP contribution >= 0.6 is 24.0 Å². The molecule has 9 heteroatoms. The van der Waals surface area contributed by atoms with Crippen LogP contribution in [-0.4, -0.2) is 93.0 Å². The molecule has 0 aliphatic carbocycles. The number of aliphatic imine (C=N–C) groups is 1. The van der Waals surface area contributed by atoms with Crippen molar-refractivity contribution in [2.75, 3.05) is 53.4 Å². The van der Waals surface area contributed by atoms with E-state index in [2.05, 4.69) is 41.5 Å². The molecule has 29 heavy (non-hydrogen) atoms. The second-order valence-electron chi connectivity index (χ2n) is 8.44. The summed E-state index contributed by atoms with van der Waals surface area (Å²) in [7, 11) is 4.14. The molecular formula is C20H42IN5O3. The fraction of sp³-hybridized carbons (Fsp3) is 0.900. The Morgan fingerprint density at radius 1 is 1.31 bits per heavy atom. The molecule has 0 spiro atoms. The largest absolute Gasteiger partial charge is 0.444 e. The number of carbonyl (C=O) groups excluding carboxylic acids is 1. The van der Waals surface area contributed by atoms with Crippen molar-refractivity contribution in [3.05, 3.63) is 0 Å². The van der Waals surface area contributed by atoms with Gasteiger partial charge in [-0.15, -0.1) is 24.0 Å². The molecular weight excluding hydrogens is 485 g/mol. The predicted octanol–water partition coefficient (Wildman–Crippen LogP) is 2.53. The van der Waals surface area contributed by atoms with Crippen molar-refractivity contribution in [2.45, 2.75) is 65.2 Å². The third-order valence-electron chi connectivity index (χ3n) is 4.29. The number of alkyl carbamates (subject to hydrolysis) is 1. The zero-order valence-electron chi connectivity index (χ0n) is 19.3. The van der Waals surface area contributed by atoms with Gasteiger partial charge in [0.1, 0.15) is 5.60 Å². The molecule has 0 aromatic carbocycles. The number of nitrogens with zero attached hydrogens (tertiary/aromatic N) is 3. The molecule has 0 aromatic rings. The van der Waals surface area contributed by atoms with Crippen LogP contribution in [0.1, 0.15) is 47.5 Å². The van der Waals surface area contributed by atoms with Gasteiger partial charge in [-0.3, -0.25) is 4.99 Å². The van der Waals surface area contributed by atoms with E-state index in [1.807, 2.05) is 27.7 Å². The topological polar surface area (TPSA) is 78.4 Å². The van der Waals surface area contributed by atoms with Gasteiger partial charge in [0.2, 0.25) is 0 Å². The molecule has 1 amide bonds. The first-order valence-corrected chi connectivity index (χ1v) is 10.4. The monoisotopic (exact) mass is 527 g/mol. The number of guanidine groups is 1. The summed E-state index contributed by atoms with van der Waals surface area (Å²) < 4.78 is 11.2. The average Bonchev–Trinajstić information content (AvgIpc) is 3.02. The predicted molar refractivity (Wildman–Crippen MR) is 129 cm³/mol. The molecule has 1 unspecified atom stereocenters. The highest BCUT2D eigenvalue weighted by atomic mass is 127. The van der Waals surface area contributed by atoms with Crippen LogP contribution in [0.3, 0.4) is 0 Å². The Kier molecular flexibility index (Phi) is 13.8. The molecule has 1 fully saturated rings. The van der Waals surface area contributed by atoms with Gasteiger partial charge in [-0.2, -0.15) is 0 Å². The van der Waals surface area contributed by atoms with Crippen LogP contribution in [0.15, 0.2) is 4.99 Å². The van der Waals surface area contributed by atoms with Gasteiger partial charge >= 0.3 is 6.09 Å². The summed E-state index contributed by atoms with van der Waals surface area (Å²) in [5.74, 6) is 0.880. The van der Waals surface area contributed by atoms with Gasteiger partial charge in [0.05, 0.1) is 18.7 Å². The molecule has 1 aliphatic heterocycles. The molecule has 0 radical (unpaired) electrons. The molecule has 1 saturated heterocycles. The van der Waals surface area contributed by atoms with Gasteiger partial charge in [-0.25, -0.2) is 4.79 Å². The average molecular weight is 527 g/mol. The lowest BCUT2D eigenvalue weighted by molar-refractivity contribution is 0.0507. The Hall–Kier alpha value is -0.810. The van der Waals surface area contributed by atoms with E-state index in [9.17, 15) is 4.79 Å². The lowest BCUT2D eigenvalue weighted by Crippen LogP contribution is -2.44. The highest BCUT2D eigenvalue weighted by Gasteiger charge is 2.28. The number of carbonyl (C=O) groups is 1. The summed E-state index contributed by atoms with van der Waals surface area (Å²) >= 11 is 0. The first-order chi connectivity index (χ1) is 13.1. The van der Waals surface area contributed by atoms with Crippen LogP contribution in [0.25, 0.3) is 0 Å². The molecule has 172 valence electrons. The zero-order valence-corrected chi connectivity index (χ0v) is 21.6. The second-order valence-corrected chi connectivity index (χ2v) is 8.44. The first kappa shape index (κ1) is 28.2. The highest BCUT2D eigenvalue weighted by molar-refractivity contribution is 14.0. The van der Waals surface area contributed by atoms with Gasteiger partial charge in [0.25, 0.3) is 0 Å². The number of nitrogens with one attached hydrogen (secondary N) is 2. The Bertz CT molecular complexity index is 497. The summed E-state index contributed by atoms with van der Waals surface area (Å²) in [5, 5.41) is 6.33. The Balaban J connectivity index is 0.00000784. The molecule has 2 N–H and O–H groups in total. The summed E-state index contributed by atoms with van der Waals surface area (Å²) in [6, 6.07) is 0.0649. The fourth-order valence-electron chi connectivity index (χ4n) is 3.02. The third kappa shape index (κ3) is 12.5. The van der Waals surface area contributed by atoms with Crippen molar-refractivity contribution in [1.82, 2.24) is 20.4 Å². The third-order valence-corrected chi connectivity index (χ3v) is 4.29. The molecule has 1 heterocycles. The highest BCUT2D eigenvalue weighted by Crippen LogP contribution is 2.12. The summed E-state index contributed by atoms with van der Waals surface area (Å²) in [6.07, 6.45) is 1.58. The number of ether oxygens (including phenoxy) is 2. The van der Waals surface area contributed by atoms with Gasteiger partial charge in [-0.05, 0) is 61.6 Å². The maximum absolute atomic E-state index is 12.0. The Morgan fingerprint density at radius 2 is 2.00 bits per heavy atom. The molecule has 1 aliphatic rings. The normalized spacial score (nSPS) is 18.4. The number of amides is 1.